The summed E-state index contributed by atoms with van der Waals surface area (Å²) in [7, 11) is 0. The minimum absolute atomic E-state index is 0.358. The van der Waals surface area contributed by atoms with E-state index in [0.717, 1.165) is 6.42 Å². The van der Waals surface area contributed by atoms with Gasteiger partial charge in [-0.25, -0.2) is 5.73 Å². The molecule has 1 radical (unpaired) electrons. The van der Waals surface area contributed by atoms with Crippen molar-refractivity contribution >= 4 is 0 Å². The van der Waals surface area contributed by atoms with Crippen molar-refractivity contribution in [2.75, 3.05) is 0 Å². The fourth-order valence-electron chi connectivity index (χ4n) is 1.61. The van der Waals surface area contributed by atoms with E-state index in [2.05, 4.69) is 19.9 Å². The Kier molecular flexibility index (Phi) is 1.69. The predicted molar refractivity (Wildman–Crippen MR) is 43.6 cm³/mol. The van der Waals surface area contributed by atoms with E-state index in [4.69, 9.17) is 5.73 Å². The van der Waals surface area contributed by atoms with E-state index < -0.39 is 0 Å². The SMILES string of the molecule is CC1=CC(C)([NH])CC(C)=C1. The van der Waals surface area contributed by atoms with Gasteiger partial charge >= 0.3 is 0 Å². The Morgan fingerprint density at radius 1 is 1.50 bits per heavy atom. The lowest BCUT2D eigenvalue weighted by atomic mass is 9.87. The van der Waals surface area contributed by atoms with Crippen LogP contribution in [0.15, 0.2) is 23.3 Å². The minimum Gasteiger partial charge on any atom is -0.247 e. The molecule has 1 heteroatoms. The molecule has 0 aromatic heterocycles. The molecule has 1 rings (SSSR count). The molecule has 1 nitrogen and oxygen atoms in total. The van der Waals surface area contributed by atoms with Gasteiger partial charge in [-0.15, -0.1) is 0 Å². The molecule has 1 atom stereocenters. The molecule has 0 saturated heterocycles. The third kappa shape index (κ3) is 1.71. The third-order valence-electron chi connectivity index (χ3n) is 1.67. The van der Waals surface area contributed by atoms with Crippen molar-refractivity contribution in [1.29, 1.82) is 0 Å². The van der Waals surface area contributed by atoms with Crippen molar-refractivity contribution in [2.45, 2.75) is 32.7 Å². The standard InChI is InChI=1S/C9H14N/c1-7-4-8(2)6-9(3,10)5-7/h4-5,10H,6H2,1-3H3. The Bertz CT molecular complexity index is 197. The Balaban J connectivity index is 2.88. The minimum atomic E-state index is -0.358. The Morgan fingerprint density at radius 3 is 2.50 bits per heavy atom. The normalized spacial score (nSPS) is 33.2. The molecule has 0 spiro atoms. The molecule has 0 aliphatic heterocycles. The second-order valence-corrected chi connectivity index (χ2v) is 3.47. The van der Waals surface area contributed by atoms with E-state index >= 15 is 0 Å². The molecule has 1 aliphatic carbocycles. The summed E-state index contributed by atoms with van der Waals surface area (Å²) < 4.78 is 0. The van der Waals surface area contributed by atoms with E-state index in [1.165, 1.54) is 11.1 Å². The van der Waals surface area contributed by atoms with Crippen molar-refractivity contribution in [3.63, 3.8) is 0 Å². The highest BCUT2D eigenvalue weighted by Gasteiger charge is 2.19. The van der Waals surface area contributed by atoms with Crippen LogP contribution in [0.5, 0.6) is 0 Å². The molecule has 0 amide bonds. The lowest BCUT2D eigenvalue weighted by Gasteiger charge is -2.24. The zero-order valence-corrected chi connectivity index (χ0v) is 6.86. The van der Waals surface area contributed by atoms with Gasteiger partial charge in [0.15, 0.2) is 0 Å². The maximum atomic E-state index is 7.77. The number of nitrogens with one attached hydrogen (secondary N) is 1. The van der Waals surface area contributed by atoms with Gasteiger partial charge in [0, 0.05) is 0 Å². The van der Waals surface area contributed by atoms with Crippen LogP contribution >= 0.6 is 0 Å². The van der Waals surface area contributed by atoms with Gasteiger partial charge in [-0.2, -0.15) is 0 Å². The molecule has 0 aromatic carbocycles. The van der Waals surface area contributed by atoms with E-state index in [0.29, 0.717) is 0 Å². The lowest BCUT2D eigenvalue weighted by Crippen LogP contribution is -2.25. The van der Waals surface area contributed by atoms with Crippen LogP contribution in [0, 0.1) is 0 Å². The van der Waals surface area contributed by atoms with Gasteiger partial charge < -0.3 is 0 Å². The number of hydrogen-bond acceptors (Lipinski definition) is 0. The van der Waals surface area contributed by atoms with Crippen LogP contribution in [0.25, 0.3) is 0 Å². The van der Waals surface area contributed by atoms with Gasteiger partial charge in [0.05, 0.1) is 5.54 Å². The number of allylic oxidation sites excluding steroid dienone is 2. The predicted octanol–water partition coefficient (Wildman–Crippen LogP) is 2.32. The third-order valence-corrected chi connectivity index (χ3v) is 1.67. The van der Waals surface area contributed by atoms with Crippen molar-refractivity contribution in [1.82, 2.24) is 5.73 Å². The summed E-state index contributed by atoms with van der Waals surface area (Å²) in [6.07, 6.45) is 5.04. The highest BCUT2D eigenvalue weighted by Crippen LogP contribution is 2.24. The van der Waals surface area contributed by atoms with Crippen LogP contribution in [0.3, 0.4) is 0 Å². The van der Waals surface area contributed by atoms with Gasteiger partial charge in [0.25, 0.3) is 0 Å². The van der Waals surface area contributed by atoms with Crippen molar-refractivity contribution in [3.8, 4) is 0 Å². The summed E-state index contributed by atoms with van der Waals surface area (Å²) in [4.78, 5) is 0. The van der Waals surface area contributed by atoms with Gasteiger partial charge in [-0.3, -0.25) is 0 Å². The van der Waals surface area contributed by atoms with Crippen LogP contribution < -0.4 is 5.73 Å². The molecule has 10 heavy (non-hydrogen) atoms. The molecule has 1 aliphatic rings. The number of hydrogen-bond donors (Lipinski definition) is 0. The second-order valence-electron chi connectivity index (χ2n) is 3.47. The highest BCUT2D eigenvalue weighted by atomic mass is 14.7. The zero-order chi connectivity index (χ0) is 7.78. The fourth-order valence-corrected chi connectivity index (χ4v) is 1.61. The second kappa shape index (κ2) is 2.24. The molecule has 0 aromatic rings. The number of rotatable bonds is 0. The van der Waals surface area contributed by atoms with Gasteiger partial charge in [-0.05, 0) is 27.2 Å². The van der Waals surface area contributed by atoms with Crippen LogP contribution in [-0.4, -0.2) is 5.54 Å². The Morgan fingerprint density at radius 2 is 2.10 bits per heavy atom. The Labute approximate surface area is 62.6 Å². The highest BCUT2D eigenvalue weighted by molar-refractivity contribution is 5.31. The van der Waals surface area contributed by atoms with Gasteiger partial charge in [-0.1, -0.05) is 23.3 Å². The van der Waals surface area contributed by atoms with Crippen molar-refractivity contribution < 1.29 is 0 Å². The molecular formula is C9H14N. The fraction of sp³-hybridized carbons (Fsp3) is 0.556. The summed E-state index contributed by atoms with van der Waals surface area (Å²) in [6, 6.07) is 0. The van der Waals surface area contributed by atoms with Crippen LogP contribution in [0.2, 0.25) is 0 Å². The van der Waals surface area contributed by atoms with E-state index in [1.54, 1.807) is 0 Å². The smallest absolute Gasteiger partial charge is 0.0517 e. The molecule has 1 unspecified atom stereocenters. The van der Waals surface area contributed by atoms with Gasteiger partial charge in [0.1, 0.15) is 0 Å². The monoisotopic (exact) mass is 136 g/mol. The summed E-state index contributed by atoms with van der Waals surface area (Å²) >= 11 is 0. The van der Waals surface area contributed by atoms with E-state index in [9.17, 15) is 0 Å². The summed E-state index contributed by atoms with van der Waals surface area (Å²) in [6.45, 7) is 6.09. The topological polar surface area (TPSA) is 23.8 Å². The first-order valence-corrected chi connectivity index (χ1v) is 3.61. The lowest BCUT2D eigenvalue weighted by molar-refractivity contribution is 0.548. The average Bonchev–Trinajstić information content (AvgIpc) is 1.54. The molecule has 0 saturated carbocycles. The molecule has 0 bridgehead atoms. The molecule has 55 valence electrons. The largest absolute Gasteiger partial charge is 0.247 e. The van der Waals surface area contributed by atoms with Crippen LogP contribution in [0.4, 0.5) is 0 Å². The maximum absolute atomic E-state index is 7.77. The van der Waals surface area contributed by atoms with E-state index in [-0.39, 0.29) is 5.54 Å². The maximum Gasteiger partial charge on any atom is 0.0517 e. The first kappa shape index (κ1) is 7.55. The molecular weight excluding hydrogens is 122 g/mol. The molecule has 0 heterocycles. The summed E-state index contributed by atoms with van der Waals surface area (Å²) in [5.74, 6) is 0. The molecule has 0 fully saturated rings. The first-order chi connectivity index (χ1) is 4.49. The van der Waals surface area contributed by atoms with Crippen LogP contribution in [0.1, 0.15) is 27.2 Å². The van der Waals surface area contributed by atoms with E-state index in [1.807, 2.05) is 13.0 Å². The summed E-state index contributed by atoms with van der Waals surface area (Å²) in [5.41, 5.74) is 9.95. The molecule has 1 N–H and O–H groups in total. The van der Waals surface area contributed by atoms with Crippen molar-refractivity contribution in [2.24, 2.45) is 0 Å². The van der Waals surface area contributed by atoms with Gasteiger partial charge in [0.2, 0.25) is 0 Å². The van der Waals surface area contributed by atoms with Crippen molar-refractivity contribution in [3.05, 3.63) is 23.3 Å². The first-order valence-electron chi connectivity index (χ1n) is 3.61. The average molecular weight is 136 g/mol. The van der Waals surface area contributed by atoms with Crippen LogP contribution in [-0.2, 0) is 0 Å². The summed E-state index contributed by atoms with van der Waals surface area (Å²) in [5, 5.41) is 0. The quantitative estimate of drug-likeness (QED) is 0.488. The zero-order valence-electron chi connectivity index (χ0n) is 6.86. The Hall–Kier alpha value is -0.560.